The Bertz CT molecular complexity index is 1740. The third-order valence-electron chi connectivity index (χ3n) is 8.81. The summed E-state index contributed by atoms with van der Waals surface area (Å²) in [5, 5.41) is 5.93. The van der Waals surface area contributed by atoms with Gasteiger partial charge in [0.25, 0.3) is 0 Å². The van der Waals surface area contributed by atoms with Crippen LogP contribution in [0.5, 0.6) is 0 Å². The predicted octanol–water partition coefficient (Wildman–Crippen LogP) is 8.29. The molecule has 0 N–H and O–H groups in total. The fourth-order valence-electron chi connectivity index (χ4n) is 5.83. The van der Waals surface area contributed by atoms with Crippen molar-refractivity contribution in [3.8, 4) is 11.1 Å². The number of carbonyl (C=O) groups is 1. The third kappa shape index (κ3) is 11.3. The minimum Gasteiger partial charge on any atom is -0.444 e. The van der Waals surface area contributed by atoms with Gasteiger partial charge in [0.1, 0.15) is 24.9 Å². The molecule has 13 heteroatoms. The molecule has 0 atom stereocenters. The van der Waals surface area contributed by atoms with Gasteiger partial charge in [-0.2, -0.15) is 9.61 Å². The number of hydrogen-bond acceptors (Lipinski definition) is 9. The summed E-state index contributed by atoms with van der Waals surface area (Å²) in [6.45, 7) is 23.3. The maximum absolute atomic E-state index is 13.8. The normalized spacial score (nSPS) is 14.7. The van der Waals surface area contributed by atoms with Crippen molar-refractivity contribution in [3.63, 3.8) is 0 Å². The van der Waals surface area contributed by atoms with E-state index in [1.807, 2.05) is 66.8 Å². The Labute approximate surface area is 305 Å². The molecule has 51 heavy (non-hydrogen) atoms. The minimum absolute atomic E-state index is 0.0324. The van der Waals surface area contributed by atoms with Crippen molar-refractivity contribution in [2.45, 2.75) is 103 Å². The fourth-order valence-corrected chi connectivity index (χ4v) is 7.35. The molecule has 0 saturated carbocycles. The second-order valence-corrected chi connectivity index (χ2v) is 28.2. The van der Waals surface area contributed by atoms with Crippen molar-refractivity contribution >= 4 is 44.6 Å². The lowest BCUT2D eigenvalue weighted by Gasteiger charge is -2.35. The lowest BCUT2D eigenvalue weighted by Crippen LogP contribution is -2.45. The highest BCUT2D eigenvalue weighted by Gasteiger charge is 2.31. The van der Waals surface area contributed by atoms with Crippen molar-refractivity contribution < 1.29 is 23.7 Å². The molecular formula is C38H58N6O5Si2. The van der Waals surface area contributed by atoms with E-state index in [2.05, 4.69) is 56.3 Å². The smallest absolute Gasteiger partial charge is 0.410 e. The van der Waals surface area contributed by atoms with Crippen molar-refractivity contribution in [3.05, 3.63) is 54.5 Å². The number of anilines is 1. The molecule has 5 rings (SSSR count). The summed E-state index contributed by atoms with van der Waals surface area (Å²) in [6, 6.07) is 14.3. The number of carbonyl (C=O) groups excluding carboxylic acids is 1. The highest BCUT2D eigenvalue weighted by atomic mass is 28.3. The van der Waals surface area contributed by atoms with Crippen molar-refractivity contribution in [2.75, 3.05) is 44.8 Å². The van der Waals surface area contributed by atoms with E-state index in [-0.39, 0.29) is 18.7 Å². The Morgan fingerprint density at radius 3 is 2.22 bits per heavy atom. The largest absolute Gasteiger partial charge is 0.444 e. The Morgan fingerprint density at radius 2 is 1.59 bits per heavy atom. The van der Waals surface area contributed by atoms with Crippen LogP contribution in [0, 0.1) is 0 Å². The zero-order chi connectivity index (χ0) is 36.8. The molecule has 3 aromatic heterocycles. The maximum Gasteiger partial charge on any atom is 0.410 e. The summed E-state index contributed by atoms with van der Waals surface area (Å²) >= 11 is 0. The molecule has 1 aliphatic rings. The molecule has 1 fully saturated rings. The van der Waals surface area contributed by atoms with Crippen LogP contribution in [0.1, 0.15) is 39.3 Å². The maximum atomic E-state index is 13.8. The Hall–Kier alpha value is -3.37. The summed E-state index contributed by atoms with van der Waals surface area (Å²) in [7, 11) is -2.58. The highest BCUT2D eigenvalue weighted by Crippen LogP contribution is 2.30. The summed E-state index contributed by atoms with van der Waals surface area (Å²) in [6.07, 6.45) is 4.83. The third-order valence-corrected chi connectivity index (χ3v) is 12.2. The van der Waals surface area contributed by atoms with Crippen LogP contribution in [0.15, 0.2) is 48.8 Å². The zero-order valence-electron chi connectivity index (χ0n) is 32.2. The zero-order valence-corrected chi connectivity index (χ0v) is 34.2. The van der Waals surface area contributed by atoms with Crippen LogP contribution in [0.2, 0.25) is 51.4 Å². The number of benzene rings is 1. The van der Waals surface area contributed by atoms with Gasteiger partial charge < -0.3 is 23.8 Å². The van der Waals surface area contributed by atoms with Gasteiger partial charge in [-0.3, -0.25) is 9.88 Å². The van der Waals surface area contributed by atoms with E-state index in [4.69, 9.17) is 34.0 Å². The number of amides is 1. The fraction of sp³-hybridized carbons (Fsp3) is 0.579. The summed E-state index contributed by atoms with van der Waals surface area (Å²) < 4.78 is 26.2. The number of fused-ring (bicyclic) bond motifs is 2. The van der Waals surface area contributed by atoms with Crippen LogP contribution < -0.4 is 4.90 Å². The second-order valence-electron chi connectivity index (χ2n) is 17.0. The van der Waals surface area contributed by atoms with Crippen LogP contribution in [0.4, 0.5) is 10.6 Å². The summed E-state index contributed by atoms with van der Waals surface area (Å²) in [5.41, 5.74) is 3.45. The highest BCUT2D eigenvalue weighted by molar-refractivity contribution is 6.76. The second kappa shape index (κ2) is 16.5. The van der Waals surface area contributed by atoms with E-state index in [1.165, 1.54) is 0 Å². The molecule has 0 spiro atoms. The predicted molar refractivity (Wildman–Crippen MR) is 210 cm³/mol. The van der Waals surface area contributed by atoms with Crippen LogP contribution in [-0.2, 0) is 25.5 Å². The Morgan fingerprint density at radius 1 is 0.941 bits per heavy atom. The lowest BCUT2D eigenvalue weighted by atomic mass is 10.1. The summed E-state index contributed by atoms with van der Waals surface area (Å²) in [4.78, 5) is 27.6. The molecule has 0 bridgehead atoms. The van der Waals surface area contributed by atoms with E-state index in [1.54, 1.807) is 0 Å². The van der Waals surface area contributed by atoms with Gasteiger partial charge in [0.05, 0.1) is 24.0 Å². The number of aromatic nitrogens is 4. The average molecular weight is 735 g/mol. The van der Waals surface area contributed by atoms with E-state index in [0.717, 1.165) is 58.5 Å². The van der Waals surface area contributed by atoms with Gasteiger partial charge in [-0.1, -0.05) is 57.5 Å². The monoisotopic (exact) mass is 734 g/mol. The molecule has 4 aromatic rings. The van der Waals surface area contributed by atoms with Gasteiger partial charge in [0.15, 0.2) is 5.65 Å². The molecular weight excluding hydrogens is 677 g/mol. The van der Waals surface area contributed by atoms with Crippen LogP contribution >= 0.6 is 0 Å². The number of hydrogen-bond donors (Lipinski definition) is 0. The summed E-state index contributed by atoms with van der Waals surface area (Å²) in [5.74, 6) is 0.784. The number of ether oxygens (including phenoxy) is 4. The molecule has 0 radical (unpaired) electrons. The topological polar surface area (TPSA) is 104 Å². The van der Waals surface area contributed by atoms with Gasteiger partial charge in [0.2, 0.25) is 0 Å². The molecule has 0 aliphatic carbocycles. The lowest BCUT2D eigenvalue weighted by molar-refractivity contribution is -0.00841. The van der Waals surface area contributed by atoms with E-state index in [9.17, 15) is 4.79 Å². The minimum atomic E-state index is -1.29. The van der Waals surface area contributed by atoms with Gasteiger partial charge in [0, 0.05) is 77.4 Å². The first-order valence-corrected chi connectivity index (χ1v) is 25.7. The van der Waals surface area contributed by atoms with Crippen LogP contribution in [-0.4, -0.2) is 98.3 Å². The Kier molecular flexibility index (Phi) is 12.6. The number of rotatable bonds is 15. The van der Waals surface area contributed by atoms with E-state index < -0.39 is 21.7 Å². The first kappa shape index (κ1) is 38.9. The molecule has 1 aliphatic heterocycles. The van der Waals surface area contributed by atoms with Crippen molar-refractivity contribution in [1.82, 2.24) is 24.5 Å². The SMILES string of the molecule is CC(C)(C)OC(=O)N(Cc1cc(N(COCC[Si](C)(C)C)COCC[Si](C)(C)C)n2ncc(-c3cnc4ccccc4c3)c2n1)C1CCOCC1. The quantitative estimate of drug-likeness (QED) is 0.0678. The van der Waals surface area contributed by atoms with E-state index in [0.29, 0.717) is 45.5 Å². The van der Waals surface area contributed by atoms with Crippen LogP contribution in [0.25, 0.3) is 27.7 Å². The molecule has 1 aromatic carbocycles. The average Bonchev–Trinajstić information content (AvgIpc) is 3.48. The van der Waals surface area contributed by atoms with Gasteiger partial charge in [-0.15, -0.1) is 0 Å². The van der Waals surface area contributed by atoms with Crippen molar-refractivity contribution in [2.24, 2.45) is 0 Å². The molecule has 1 amide bonds. The van der Waals surface area contributed by atoms with Gasteiger partial charge in [-0.05, 0) is 57.8 Å². The number of para-hydroxylation sites is 1. The van der Waals surface area contributed by atoms with E-state index >= 15 is 0 Å². The Balaban J connectivity index is 1.58. The van der Waals surface area contributed by atoms with Crippen LogP contribution in [0.3, 0.4) is 0 Å². The molecule has 4 heterocycles. The first-order valence-electron chi connectivity index (χ1n) is 18.3. The van der Waals surface area contributed by atoms with Gasteiger partial charge in [-0.25, -0.2) is 9.78 Å². The first-order chi connectivity index (χ1) is 24.1. The molecule has 0 unspecified atom stereocenters. The number of nitrogens with zero attached hydrogens (tertiary/aromatic N) is 6. The molecule has 1 saturated heterocycles. The molecule has 278 valence electrons. The number of pyridine rings is 1. The van der Waals surface area contributed by atoms with Crippen molar-refractivity contribution in [1.29, 1.82) is 0 Å². The molecule has 11 nitrogen and oxygen atoms in total. The van der Waals surface area contributed by atoms with Gasteiger partial charge >= 0.3 is 6.09 Å². The standard InChI is InChI=1S/C38H58N6O5Si2/c1-38(2,3)49-37(45)43(32-14-16-46-17-15-32)26-31-23-35(42(27-47-18-20-50(4,5)6)28-48-19-21-51(7,8)9)44-36(41-31)33(25-40-44)30-22-29-12-10-11-13-34(29)39-24-30/h10-13,22-25,32H,14-21,26-28H2,1-9H3.